The number of nitrogens with zero attached hydrogens (tertiary/aromatic N) is 1. The van der Waals surface area contributed by atoms with Gasteiger partial charge in [0.25, 0.3) is 5.22 Å². The molecule has 116 valence electrons. The van der Waals surface area contributed by atoms with E-state index in [0.717, 1.165) is 5.56 Å². The van der Waals surface area contributed by atoms with Crippen LogP contribution in [0, 0.1) is 0 Å². The Morgan fingerprint density at radius 3 is 2.61 bits per heavy atom. The highest BCUT2D eigenvalue weighted by Crippen LogP contribution is 2.25. The van der Waals surface area contributed by atoms with Gasteiger partial charge in [-0.2, -0.15) is 0 Å². The van der Waals surface area contributed by atoms with Crippen molar-refractivity contribution >= 4 is 35.0 Å². The number of anilines is 1. The Bertz CT molecular complexity index is 788. The van der Waals surface area contributed by atoms with Gasteiger partial charge in [0.15, 0.2) is 5.76 Å². The summed E-state index contributed by atoms with van der Waals surface area (Å²) in [6.45, 7) is 0. The summed E-state index contributed by atoms with van der Waals surface area (Å²) < 4.78 is 5.64. The first-order valence-electron chi connectivity index (χ1n) is 6.90. The number of carbonyl (C=O) groups is 1. The molecule has 0 radical (unpaired) electrons. The molecule has 3 aromatic rings. The van der Waals surface area contributed by atoms with Crippen LogP contribution in [0.4, 0.5) is 5.69 Å². The highest BCUT2D eigenvalue weighted by molar-refractivity contribution is 7.99. The predicted molar refractivity (Wildman–Crippen MR) is 92.7 cm³/mol. The summed E-state index contributed by atoms with van der Waals surface area (Å²) in [6, 6.07) is 16.7. The number of benzene rings is 2. The minimum atomic E-state index is -0.128. The van der Waals surface area contributed by atoms with Crippen molar-refractivity contribution in [1.29, 1.82) is 0 Å². The molecular formula is C17H13ClN2O2S. The third kappa shape index (κ3) is 4.37. The SMILES string of the molecule is O=C(CSc1ncc(-c2ccccc2)o1)Nc1ccc(Cl)cc1. The molecule has 1 N–H and O–H groups in total. The molecule has 0 atom stereocenters. The zero-order valence-electron chi connectivity index (χ0n) is 12.0. The molecule has 1 aromatic heterocycles. The molecule has 0 unspecified atom stereocenters. The summed E-state index contributed by atoms with van der Waals surface area (Å²) >= 11 is 7.06. The van der Waals surface area contributed by atoms with Crippen molar-refractivity contribution in [3.8, 4) is 11.3 Å². The van der Waals surface area contributed by atoms with E-state index in [1.165, 1.54) is 11.8 Å². The normalized spacial score (nSPS) is 10.5. The molecule has 4 nitrogen and oxygen atoms in total. The molecule has 23 heavy (non-hydrogen) atoms. The smallest absolute Gasteiger partial charge is 0.256 e. The fraction of sp³-hybridized carbons (Fsp3) is 0.0588. The van der Waals surface area contributed by atoms with Gasteiger partial charge in [-0.1, -0.05) is 53.7 Å². The minimum absolute atomic E-state index is 0.128. The van der Waals surface area contributed by atoms with Crippen LogP contribution in [0.1, 0.15) is 0 Å². The van der Waals surface area contributed by atoms with Gasteiger partial charge in [0.05, 0.1) is 11.9 Å². The van der Waals surface area contributed by atoms with Crippen LogP contribution in [0.3, 0.4) is 0 Å². The van der Waals surface area contributed by atoms with Crippen LogP contribution in [-0.4, -0.2) is 16.6 Å². The molecule has 2 aromatic carbocycles. The number of hydrogen-bond donors (Lipinski definition) is 1. The minimum Gasteiger partial charge on any atom is -0.431 e. The first-order valence-corrected chi connectivity index (χ1v) is 8.26. The van der Waals surface area contributed by atoms with Crippen LogP contribution >= 0.6 is 23.4 Å². The summed E-state index contributed by atoms with van der Waals surface area (Å²) in [5.41, 5.74) is 1.66. The summed E-state index contributed by atoms with van der Waals surface area (Å²) in [7, 11) is 0. The van der Waals surface area contributed by atoms with Crippen LogP contribution in [0.2, 0.25) is 5.02 Å². The molecule has 0 saturated carbocycles. The highest BCUT2D eigenvalue weighted by atomic mass is 35.5. The van der Waals surface area contributed by atoms with Crippen LogP contribution in [0.15, 0.2) is 70.4 Å². The molecule has 6 heteroatoms. The van der Waals surface area contributed by atoms with Gasteiger partial charge in [-0.15, -0.1) is 0 Å². The van der Waals surface area contributed by atoms with E-state index in [4.69, 9.17) is 16.0 Å². The molecule has 1 heterocycles. The van der Waals surface area contributed by atoms with E-state index in [9.17, 15) is 4.79 Å². The van der Waals surface area contributed by atoms with Crippen molar-refractivity contribution in [2.75, 3.05) is 11.1 Å². The monoisotopic (exact) mass is 344 g/mol. The molecule has 0 aliphatic rings. The molecule has 0 aliphatic heterocycles. The number of rotatable bonds is 5. The lowest BCUT2D eigenvalue weighted by atomic mass is 10.2. The molecule has 0 spiro atoms. The molecule has 1 amide bonds. The summed E-state index contributed by atoms with van der Waals surface area (Å²) in [4.78, 5) is 16.1. The van der Waals surface area contributed by atoms with E-state index >= 15 is 0 Å². The number of thioether (sulfide) groups is 1. The Labute approximate surface area is 142 Å². The van der Waals surface area contributed by atoms with Crippen LogP contribution < -0.4 is 5.32 Å². The Hall–Kier alpha value is -2.24. The second-order valence-electron chi connectivity index (χ2n) is 4.70. The Morgan fingerprint density at radius 2 is 1.87 bits per heavy atom. The van der Waals surface area contributed by atoms with Crippen molar-refractivity contribution in [3.05, 3.63) is 65.8 Å². The molecule has 0 fully saturated rings. The highest BCUT2D eigenvalue weighted by Gasteiger charge is 2.09. The third-order valence-corrected chi connectivity index (χ3v) is 4.09. The van der Waals surface area contributed by atoms with Gasteiger partial charge in [0, 0.05) is 16.3 Å². The lowest BCUT2D eigenvalue weighted by Crippen LogP contribution is -2.13. The van der Waals surface area contributed by atoms with Gasteiger partial charge in [-0.25, -0.2) is 4.98 Å². The first kappa shape index (κ1) is 15.6. The van der Waals surface area contributed by atoms with Gasteiger partial charge >= 0.3 is 0 Å². The number of amides is 1. The quantitative estimate of drug-likeness (QED) is 0.680. The van der Waals surface area contributed by atoms with E-state index < -0.39 is 0 Å². The van der Waals surface area contributed by atoms with E-state index in [1.54, 1.807) is 30.5 Å². The van der Waals surface area contributed by atoms with Gasteiger partial charge in [-0.05, 0) is 24.3 Å². The van der Waals surface area contributed by atoms with Crippen LogP contribution in [-0.2, 0) is 4.79 Å². The lowest BCUT2D eigenvalue weighted by Gasteiger charge is -2.03. The third-order valence-electron chi connectivity index (χ3n) is 3.00. The van der Waals surface area contributed by atoms with Crippen molar-refractivity contribution < 1.29 is 9.21 Å². The second-order valence-corrected chi connectivity index (χ2v) is 6.06. The second kappa shape index (κ2) is 7.35. The number of halogens is 1. The summed E-state index contributed by atoms with van der Waals surface area (Å²) in [5.74, 6) is 0.778. The van der Waals surface area contributed by atoms with E-state index in [2.05, 4.69) is 10.3 Å². The van der Waals surface area contributed by atoms with Crippen LogP contribution in [0.5, 0.6) is 0 Å². The zero-order valence-corrected chi connectivity index (χ0v) is 13.6. The maximum atomic E-state index is 11.9. The van der Waals surface area contributed by atoms with Gasteiger partial charge in [0.1, 0.15) is 0 Å². The molecule has 3 rings (SSSR count). The average Bonchev–Trinajstić information content (AvgIpc) is 3.05. The summed E-state index contributed by atoms with van der Waals surface area (Å²) in [5, 5.41) is 3.89. The Kier molecular flexibility index (Phi) is 5.00. The molecule has 0 aliphatic carbocycles. The standard InChI is InChI=1S/C17H13ClN2O2S/c18-13-6-8-14(9-7-13)20-16(21)11-23-17-19-10-15(22-17)12-4-2-1-3-5-12/h1-10H,11H2,(H,20,21). The van der Waals surface area contributed by atoms with E-state index in [0.29, 0.717) is 21.7 Å². The van der Waals surface area contributed by atoms with Crippen molar-refractivity contribution in [3.63, 3.8) is 0 Å². The fourth-order valence-corrected chi connectivity index (χ4v) is 2.65. The number of oxazole rings is 1. The van der Waals surface area contributed by atoms with E-state index in [-0.39, 0.29) is 11.7 Å². The van der Waals surface area contributed by atoms with Gasteiger partial charge < -0.3 is 9.73 Å². The predicted octanol–water partition coefficient (Wildman–Crippen LogP) is 4.73. The maximum absolute atomic E-state index is 11.9. The van der Waals surface area contributed by atoms with Crippen molar-refractivity contribution in [1.82, 2.24) is 4.98 Å². The first-order chi connectivity index (χ1) is 11.2. The lowest BCUT2D eigenvalue weighted by molar-refractivity contribution is -0.113. The van der Waals surface area contributed by atoms with E-state index in [1.807, 2.05) is 30.3 Å². The molecule has 0 saturated heterocycles. The average molecular weight is 345 g/mol. The van der Waals surface area contributed by atoms with Crippen LogP contribution in [0.25, 0.3) is 11.3 Å². The Morgan fingerprint density at radius 1 is 1.13 bits per heavy atom. The summed E-state index contributed by atoms with van der Waals surface area (Å²) in [6.07, 6.45) is 1.66. The Balaban J connectivity index is 1.55. The molecular weight excluding hydrogens is 332 g/mol. The van der Waals surface area contributed by atoms with Crippen molar-refractivity contribution in [2.24, 2.45) is 0 Å². The van der Waals surface area contributed by atoms with Gasteiger partial charge in [-0.3, -0.25) is 4.79 Å². The van der Waals surface area contributed by atoms with Gasteiger partial charge in [0.2, 0.25) is 5.91 Å². The van der Waals surface area contributed by atoms with Crippen molar-refractivity contribution in [2.45, 2.75) is 5.22 Å². The maximum Gasteiger partial charge on any atom is 0.256 e. The number of carbonyl (C=O) groups excluding carboxylic acids is 1. The topological polar surface area (TPSA) is 55.1 Å². The number of hydrogen-bond acceptors (Lipinski definition) is 4. The zero-order chi connectivity index (χ0) is 16.1. The fourth-order valence-electron chi connectivity index (χ4n) is 1.92. The number of aromatic nitrogens is 1. The largest absolute Gasteiger partial charge is 0.431 e. The number of nitrogens with one attached hydrogen (secondary N) is 1. The molecule has 0 bridgehead atoms.